The van der Waals surface area contributed by atoms with E-state index in [1.165, 1.54) is 0 Å². The first-order valence-corrected chi connectivity index (χ1v) is 5.13. The van der Waals surface area contributed by atoms with Gasteiger partial charge in [-0.3, -0.25) is 0 Å². The first-order valence-electron chi connectivity index (χ1n) is 5.13. The molecule has 0 unspecified atom stereocenters. The summed E-state index contributed by atoms with van der Waals surface area (Å²) in [6.45, 7) is 3.14. The highest BCUT2D eigenvalue weighted by atomic mass is 16.5. The molecule has 1 aromatic heterocycles. The van der Waals surface area contributed by atoms with Crippen molar-refractivity contribution in [2.45, 2.75) is 19.8 Å². The van der Waals surface area contributed by atoms with Crippen molar-refractivity contribution in [1.82, 2.24) is 9.78 Å². The fourth-order valence-electron chi connectivity index (χ4n) is 1.39. The van der Waals surface area contributed by atoms with E-state index in [2.05, 4.69) is 12.0 Å². The lowest BCUT2D eigenvalue weighted by Gasteiger charge is -2.05. The summed E-state index contributed by atoms with van der Waals surface area (Å²) in [5.74, 6) is 0.635. The normalized spacial score (nSPS) is 10.6. The van der Waals surface area contributed by atoms with Gasteiger partial charge >= 0.3 is 0 Å². The number of nitrogens with two attached hydrogens (primary N) is 1. The molecule has 0 spiro atoms. The van der Waals surface area contributed by atoms with E-state index in [9.17, 15) is 0 Å². The van der Waals surface area contributed by atoms with Crippen LogP contribution in [-0.2, 0) is 18.2 Å². The number of hydrogen-bond donors (Lipinski definition) is 1. The number of nitrogen functional groups attached to an aromatic ring is 1. The van der Waals surface area contributed by atoms with Gasteiger partial charge in [-0.1, -0.05) is 13.3 Å². The number of aromatic nitrogens is 2. The van der Waals surface area contributed by atoms with E-state index >= 15 is 0 Å². The van der Waals surface area contributed by atoms with Crippen LogP contribution in [0.1, 0.15) is 19.0 Å². The Morgan fingerprint density at radius 3 is 2.73 bits per heavy atom. The number of methoxy groups -OCH3 is 1. The Bertz CT molecular complexity index is 310. The molecule has 0 aliphatic rings. The van der Waals surface area contributed by atoms with Crippen molar-refractivity contribution in [3.8, 4) is 5.88 Å². The van der Waals surface area contributed by atoms with Crippen LogP contribution in [0, 0.1) is 0 Å². The lowest BCUT2D eigenvalue weighted by molar-refractivity contribution is 0.141. The maximum Gasteiger partial charge on any atom is 0.235 e. The fraction of sp³-hybridized carbons (Fsp3) is 0.700. The minimum absolute atomic E-state index is 0.492. The first-order chi connectivity index (χ1) is 7.20. The average Bonchev–Trinajstić information content (AvgIpc) is 2.46. The highest BCUT2D eigenvalue weighted by Gasteiger charge is 2.13. The van der Waals surface area contributed by atoms with Crippen LogP contribution in [0.5, 0.6) is 5.88 Å². The SMILES string of the molecule is CCCc1nn(C)c(OCCOC)c1N. The molecule has 1 aromatic rings. The maximum absolute atomic E-state index is 5.92. The Balaban J connectivity index is 2.69. The van der Waals surface area contributed by atoms with Gasteiger partial charge in [0.15, 0.2) is 0 Å². The molecule has 1 heterocycles. The standard InChI is InChI=1S/C10H19N3O2/c1-4-5-8-9(11)10(13(2)12-8)15-7-6-14-3/h4-7,11H2,1-3H3. The predicted molar refractivity (Wildman–Crippen MR) is 59.0 cm³/mol. The van der Waals surface area contributed by atoms with Crippen molar-refractivity contribution in [2.24, 2.45) is 7.05 Å². The molecule has 5 nitrogen and oxygen atoms in total. The molecule has 0 aliphatic heterocycles. The van der Waals surface area contributed by atoms with E-state index in [0.717, 1.165) is 18.5 Å². The number of rotatable bonds is 6. The highest BCUT2D eigenvalue weighted by molar-refractivity contribution is 5.53. The van der Waals surface area contributed by atoms with Gasteiger partial charge in [0, 0.05) is 14.2 Å². The molecule has 0 saturated carbocycles. The van der Waals surface area contributed by atoms with Crippen LogP contribution >= 0.6 is 0 Å². The smallest absolute Gasteiger partial charge is 0.235 e. The van der Waals surface area contributed by atoms with Crippen molar-refractivity contribution in [3.05, 3.63) is 5.69 Å². The van der Waals surface area contributed by atoms with Gasteiger partial charge < -0.3 is 15.2 Å². The molecule has 0 radical (unpaired) electrons. The first kappa shape index (κ1) is 11.8. The van der Waals surface area contributed by atoms with E-state index in [-0.39, 0.29) is 0 Å². The Kier molecular flexibility index (Phi) is 4.42. The molecule has 0 amide bonds. The number of nitrogens with zero attached hydrogens (tertiary/aromatic N) is 2. The third kappa shape index (κ3) is 2.86. The number of hydrogen-bond acceptors (Lipinski definition) is 4. The lowest BCUT2D eigenvalue weighted by atomic mass is 10.2. The summed E-state index contributed by atoms with van der Waals surface area (Å²) in [6.07, 6.45) is 1.91. The Hall–Kier alpha value is -1.23. The Labute approximate surface area is 90.2 Å². The summed E-state index contributed by atoms with van der Waals surface area (Å²) in [5.41, 5.74) is 7.48. The van der Waals surface area contributed by atoms with Crippen molar-refractivity contribution < 1.29 is 9.47 Å². The van der Waals surface area contributed by atoms with E-state index in [1.54, 1.807) is 11.8 Å². The molecule has 86 valence electrons. The summed E-state index contributed by atoms with van der Waals surface area (Å²) in [6, 6.07) is 0. The number of aryl methyl sites for hydroxylation is 2. The van der Waals surface area contributed by atoms with E-state index < -0.39 is 0 Å². The molecule has 0 fully saturated rings. The summed E-state index contributed by atoms with van der Waals surface area (Å²) in [7, 11) is 3.47. The van der Waals surface area contributed by atoms with Crippen LogP contribution < -0.4 is 10.5 Å². The quantitative estimate of drug-likeness (QED) is 0.715. The largest absolute Gasteiger partial charge is 0.474 e. The van der Waals surface area contributed by atoms with Gasteiger partial charge in [-0.2, -0.15) is 5.10 Å². The maximum atomic E-state index is 5.92. The van der Waals surface area contributed by atoms with Crippen molar-refractivity contribution in [2.75, 3.05) is 26.1 Å². The molecule has 2 N–H and O–H groups in total. The third-order valence-corrected chi connectivity index (χ3v) is 2.12. The lowest BCUT2D eigenvalue weighted by Crippen LogP contribution is -2.08. The molecule has 0 aliphatic carbocycles. The summed E-state index contributed by atoms with van der Waals surface area (Å²) in [4.78, 5) is 0. The third-order valence-electron chi connectivity index (χ3n) is 2.12. The van der Waals surface area contributed by atoms with E-state index in [1.807, 2.05) is 7.05 Å². The van der Waals surface area contributed by atoms with Crippen LogP contribution in [-0.4, -0.2) is 30.1 Å². The van der Waals surface area contributed by atoms with Gasteiger partial charge in [0.2, 0.25) is 5.88 Å². The second kappa shape index (κ2) is 5.60. The minimum Gasteiger partial charge on any atom is -0.474 e. The average molecular weight is 213 g/mol. The van der Waals surface area contributed by atoms with Gasteiger partial charge in [0.1, 0.15) is 12.3 Å². The van der Waals surface area contributed by atoms with Crippen LogP contribution in [0.25, 0.3) is 0 Å². The van der Waals surface area contributed by atoms with Crippen LogP contribution in [0.4, 0.5) is 5.69 Å². The highest BCUT2D eigenvalue weighted by Crippen LogP contribution is 2.25. The topological polar surface area (TPSA) is 62.3 Å². The zero-order chi connectivity index (χ0) is 11.3. The second-order valence-corrected chi connectivity index (χ2v) is 3.38. The molecule has 1 rings (SSSR count). The summed E-state index contributed by atoms with van der Waals surface area (Å²) >= 11 is 0. The van der Waals surface area contributed by atoms with Gasteiger partial charge in [0.05, 0.1) is 12.3 Å². The Morgan fingerprint density at radius 2 is 2.13 bits per heavy atom. The molecular weight excluding hydrogens is 194 g/mol. The van der Waals surface area contributed by atoms with Gasteiger partial charge in [-0.05, 0) is 6.42 Å². The van der Waals surface area contributed by atoms with Gasteiger partial charge in [0.25, 0.3) is 0 Å². The Morgan fingerprint density at radius 1 is 1.40 bits per heavy atom. The molecule has 0 saturated heterocycles. The van der Waals surface area contributed by atoms with Crippen molar-refractivity contribution in [3.63, 3.8) is 0 Å². The monoisotopic (exact) mass is 213 g/mol. The van der Waals surface area contributed by atoms with Crippen LogP contribution in [0.15, 0.2) is 0 Å². The minimum atomic E-state index is 0.492. The van der Waals surface area contributed by atoms with Crippen molar-refractivity contribution in [1.29, 1.82) is 0 Å². The molecule has 5 heteroatoms. The fourth-order valence-corrected chi connectivity index (χ4v) is 1.39. The van der Waals surface area contributed by atoms with Crippen LogP contribution in [0.3, 0.4) is 0 Å². The molecule has 0 atom stereocenters. The summed E-state index contributed by atoms with van der Waals surface area (Å²) < 4.78 is 12.1. The summed E-state index contributed by atoms with van der Waals surface area (Å²) in [5, 5.41) is 4.30. The molecular formula is C10H19N3O2. The zero-order valence-corrected chi connectivity index (χ0v) is 9.62. The van der Waals surface area contributed by atoms with Crippen LogP contribution in [0.2, 0.25) is 0 Å². The van der Waals surface area contributed by atoms with E-state index in [0.29, 0.717) is 24.8 Å². The molecule has 15 heavy (non-hydrogen) atoms. The van der Waals surface area contributed by atoms with Crippen molar-refractivity contribution >= 4 is 5.69 Å². The molecule has 0 aromatic carbocycles. The number of anilines is 1. The second-order valence-electron chi connectivity index (χ2n) is 3.38. The van der Waals surface area contributed by atoms with E-state index in [4.69, 9.17) is 15.2 Å². The van der Waals surface area contributed by atoms with Gasteiger partial charge in [-0.25, -0.2) is 4.68 Å². The van der Waals surface area contributed by atoms with Gasteiger partial charge in [-0.15, -0.1) is 0 Å². The number of ether oxygens (including phenoxy) is 2. The predicted octanol–water partition coefficient (Wildman–Crippen LogP) is 0.980. The molecule has 0 bridgehead atoms. The zero-order valence-electron chi connectivity index (χ0n) is 9.62.